The molecule has 1 aromatic carbocycles. The van der Waals surface area contributed by atoms with E-state index in [9.17, 15) is 4.79 Å². The number of anilines is 2. The lowest BCUT2D eigenvalue weighted by Crippen LogP contribution is -2.41. The highest BCUT2D eigenvalue weighted by atomic mass is 35.5. The van der Waals surface area contributed by atoms with Gasteiger partial charge in [-0.1, -0.05) is 17.7 Å². The lowest BCUT2D eigenvalue weighted by molar-refractivity contribution is -0.120. The van der Waals surface area contributed by atoms with Gasteiger partial charge >= 0.3 is 0 Å². The number of carbonyl (C=O) groups is 1. The minimum Gasteiger partial charge on any atom is -0.340 e. The van der Waals surface area contributed by atoms with Crippen molar-refractivity contribution >= 4 is 29.1 Å². The van der Waals surface area contributed by atoms with Crippen molar-refractivity contribution in [2.75, 3.05) is 23.3 Å². The molecule has 24 heavy (non-hydrogen) atoms. The van der Waals surface area contributed by atoms with Crippen molar-refractivity contribution in [3.8, 4) is 0 Å². The number of nitrogens with one attached hydrogen (secondary N) is 1. The summed E-state index contributed by atoms with van der Waals surface area (Å²) in [7, 11) is 0. The summed E-state index contributed by atoms with van der Waals surface area (Å²) in [4.78, 5) is 23.5. The molecule has 2 aromatic rings. The molecule has 0 aliphatic carbocycles. The van der Waals surface area contributed by atoms with Gasteiger partial charge in [0.25, 0.3) is 0 Å². The first-order valence-corrected chi connectivity index (χ1v) is 8.52. The fourth-order valence-electron chi connectivity index (χ4n) is 2.92. The van der Waals surface area contributed by atoms with Crippen LogP contribution in [0.1, 0.15) is 24.1 Å². The average molecular weight is 345 g/mol. The minimum atomic E-state index is -0.0970. The summed E-state index contributed by atoms with van der Waals surface area (Å²) in [6, 6.07) is 7.51. The van der Waals surface area contributed by atoms with Gasteiger partial charge in [0.2, 0.25) is 11.9 Å². The molecule has 0 bridgehead atoms. The number of benzene rings is 1. The predicted octanol–water partition coefficient (Wildman–Crippen LogP) is 3.60. The van der Waals surface area contributed by atoms with Crippen molar-refractivity contribution in [1.82, 2.24) is 9.97 Å². The van der Waals surface area contributed by atoms with Crippen LogP contribution in [0.25, 0.3) is 0 Å². The molecule has 1 saturated heterocycles. The fraction of sp³-hybridized carbons (Fsp3) is 0.389. The van der Waals surface area contributed by atoms with E-state index in [0.717, 1.165) is 30.6 Å². The maximum atomic E-state index is 12.6. The predicted molar refractivity (Wildman–Crippen MR) is 96.5 cm³/mol. The molecule has 5 nitrogen and oxygen atoms in total. The number of piperidine rings is 1. The third kappa shape index (κ3) is 3.85. The van der Waals surface area contributed by atoms with Crippen LogP contribution in [0.3, 0.4) is 0 Å². The third-order valence-electron chi connectivity index (χ3n) is 4.24. The van der Waals surface area contributed by atoms with Gasteiger partial charge in [-0.25, -0.2) is 9.97 Å². The molecule has 6 heteroatoms. The first-order chi connectivity index (χ1) is 11.5. The standard InChI is InChI=1S/C18H21ClN4O/c1-12-5-6-16(15(19)10-12)22-17(24)14-4-3-9-23(11-14)18-20-8-7-13(2)21-18/h5-8,10,14H,3-4,9,11H2,1-2H3,(H,22,24)/t14-/m1/s1. The first-order valence-electron chi connectivity index (χ1n) is 8.14. The normalized spacial score (nSPS) is 17.6. The van der Waals surface area contributed by atoms with Gasteiger partial charge in [0.1, 0.15) is 0 Å². The van der Waals surface area contributed by atoms with Crippen LogP contribution < -0.4 is 10.2 Å². The lowest BCUT2D eigenvalue weighted by atomic mass is 9.97. The Morgan fingerprint density at radius 1 is 1.33 bits per heavy atom. The van der Waals surface area contributed by atoms with E-state index >= 15 is 0 Å². The van der Waals surface area contributed by atoms with Crippen molar-refractivity contribution in [2.45, 2.75) is 26.7 Å². The number of hydrogen-bond acceptors (Lipinski definition) is 4. The Hall–Kier alpha value is -2.14. The molecule has 0 radical (unpaired) electrons. The van der Waals surface area contributed by atoms with Crippen LogP contribution in [0.5, 0.6) is 0 Å². The van der Waals surface area contributed by atoms with E-state index in [1.807, 2.05) is 38.1 Å². The monoisotopic (exact) mass is 344 g/mol. The van der Waals surface area contributed by atoms with Crippen molar-refractivity contribution < 1.29 is 4.79 Å². The van der Waals surface area contributed by atoms with E-state index in [1.165, 1.54) is 0 Å². The molecule has 0 unspecified atom stereocenters. The number of carbonyl (C=O) groups excluding carboxylic acids is 1. The molecule has 1 atom stereocenters. The van der Waals surface area contributed by atoms with Crippen molar-refractivity contribution in [3.63, 3.8) is 0 Å². The van der Waals surface area contributed by atoms with E-state index in [1.54, 1.807) is 6.20 Å². The number of rotatable bonds is 3. The Bertz CT molecular complexity index is 750. The number of nitrogens with zero attached hydrogens (tertiary/aromatic N) is 3. The van der Waals surface area contributed by atoms with Crippen LogP contribution >= 0.6 is 11.6 Å². The third-order valence-corrected chi connectivity index (χ3v) is 4.55. The van der Waals surface area contributed by atoms with Gasteiger partial charge < -0.3 is 10.2 Å². The SMILES string of the molecule is Cc1ccc(NC(=O)[C@@H]2CCCN(c3nccc(C)n3)C2)c(Cl)c1. The molecule has 0 saturated carbocycles. The Balaban J connectivity index is 1.69. The van der Waals surface area contributed by atoms with Gasteiger partial charge in [-0.3, -0.25) is 4.79 Å². The quantitative estimate of drug-likeness (QED) is 0.924. The summed E-state index contributed by atoms with van der Waals surface area (Å²) in [5, 5.41) is 3.52. The highest BCUT2D eigenvalue weighted by Crippen LogP contribution is 2.26. The average Bonchev–Trinajstić information content (AvgIpc) is 2.57. The second-order valence-electron chi connectivity index (χ2n) is 6.26. The van der Waals surface area contributed by atoms with E-state index in [0.29, 0.717) is 23.2 Å². The zero-order chi connectivity index (χ0) is 17.1. The first kappa shape index (κ1) is 16.7. The van der Waals surface area contributed by atoms with E-state index < -0.39 is 0 Å². The summed E-state index contributed by atoms with van der Waals surface area (Å²) in [5.74, 6) is 0.596. The Morgan fingerprint density at radius 3 is 2.92 bits per heavy atom. The number of halogens is 1. The van der Waals surface area contributed by atoms with E-state index in [2.05, 4.69) is 20.2 Å². The van der Waals surface area contributed by atoms with Crippen molar-refractivity contribution in [3.05, 3.63) is 46.7 Å². The van der Waals surface area contributed by atoms with Crippen LogP contribution in [0.4, 0.5) is 11.6 Å². The van der Waals surface area contributed by atoms with E-state index in [-0.39, 0.29) is 11.8 Å². The zero-order valence-corrected chi connectivity index (χ0v) is 14.7. The molecule has 0 spiro atoms. The highest BCUT2D eigenvalue weighted by Gasteiger charge is 2.27. The fourth-order valence-corrected chi connectivity index (χ4v) is 3.20. The molecular weight excluding hydrogens is 324 g/mol. The number of hydrogen-bond donors (Lipinski definition) is 1. The Morgan fingerprint density at radius 2 is 2.17 bits per heavy atom. The summed E-state index contributed by atoms with van der Waals surface area (Å²) < 4.78 is 0. The second-order valence-corrected chi connectivity index (χ2v) is 6.66. The summed E-state index contributed by atoms with van der Waals surface area (Å²) in [6.45, 7) is 5.41. The topological polar surface area (TPSA) is 58.1 Å². The summed E-state index contributed by atoms with van der Waals surface area (Å²) >= 11 is 6.21. The molecule has 3 rings (SSSR count). The molecule has 1 aliphatic rings. The number of aryl methyl sites for hydroxylation is 2. The van der Waals surface area contributed by atoms with Crippen LogP contribution in [0.15, 0.2) is 30.5 Å². The van der Waals surface area contributed by atoms with Crippen molar-refractivity contribution in [1.29, 1.82) is 0 Å². The number of amides is 1. The van der Waals surface area contributed by atoms with Gasteiger partial charge in [-0.2, -0.15) is 0 Å². The van der Waals surface area contributed by atoms with Gasteiger partial charge in [0.05, 0.1) is 16.6 Å². The number of aromatic nitrogens is 2. The smallest absolute Gasteiger partial charge is 0.229 e. The molecule has 1 aromatic heterocycles. The van der Waals surface area contributed by atoms with Gasteiger partial charge in [0, 0.05) is 25.0 Å². The molecule has 1 N–H and O–H groups in total. The Labute approximate surface area is 147 Å². The molecular formula is C18H21ClN4O. The minimum absolute atomic E-state index is 0.00175. The van der Waals surface area contributed by atoms with Crippen LogP contribution in [0, 0.1) is 19.8 Å². The molecule has 126 valence electrons. The highest BCUT2D eigenvalue weighted by molar-refractivity contribution is 6.33. The maximum absolute atomic E-state index is 12.6. The molecule has 1 fully saturated rings. The van der Waals surface area contributed by atoms with Crippen LogP contribution in [-0.2, 0) is 4.79 Å². The van der Waals surface area contributed by atoms with Gasteiger partial charge in [0.15, 0.2) is 0 Å². The summed E-state index contributed by atoms with van der Waals surface area (Å²) in [6.07, 6.45) is 3.56. The molecule has 1 amide bonds. The molecule has 1 aliphatic heterocycles. The Kier molecular flexibility index (Phi) is 5.00. The molecule has 2 heterocycles. The summed E-state index contributed by atoms with van der Waals surface area (Å²) in [5.41, 5.74) is 2.66. The van der Waals surface area contributed by atoms with Gasteiger partial charge in [-0.05, 0) is 50.5 Å². The lowest BCUT2D eigenvalue weighted by Gasteiger charge is -2.32. The van der Waals surface area contributed by atoms with E-state index in [4.69, 9.17) is 11.6 Å². The zero-order valence-electron chi connectivity index (χ0n) is 13.9. The van der Waals surface area contributed by atoms with Crippen molar-refractivity contribution in [2.24, 2.45) is 5.92 Å². The largest absolute Gasteiger partial charge is 0.340 e. The van der Waals surface area contributed by atoms with Crippen LogP contribution in [0.2, 0.25) is 5.02 Å². The second kappa shape index (κ2) is 7.18. The van der Waals surface area contributed by atoms with Gasteiger partial charge in [-0.15, -0.1) is 0 Å². The maximum Gasteiger partial charge on any atom is 0.229 e. The van der Waals surface area contributed by atoms with Crippen LogP contribution in [-0.4, -0.2) is 29.0 Å².